The molecule has 0 bridgehead atoms. The lowest BCUT2D eigenvalue weighted by molar-refractivity contribution is -0.114. The molecule has 0 aliphatic carbocycles. The molecule has 0 unspecified atom stereocenters. The highest BCUT2D eigenvalue weighted by Crippen LogP contribution is 2.25. The average Bonchev–Trinajstić information content (AvgIpc) is 3.25. The Kier molecular flexibility index (Phi) is 4.72. The minimum absolute atomic E-state index is 0.0303. The number of hydrogen-bond donors (Lipinski definition) is 3. The van der Waals surface area contributed by atoms with Gasteiger partial charge in [-0.25, -0.2) is 4.98 Å². The van der Waals surface area contributed by atoms with Gasteiger partial charge in [0.15, 0.2) is 5.78 Å². The van der Waals surface area contributed by atoms with Crippen LogP contribution in [-0.2, 0) is 11.2 Å². The Balaban J connectivity index is 1.57. The molecule has 3 aromatic heterocycles. The summed E-state index contributed by atoms with van der Waals surface area (Å²) in [6, 6.07) is 11.6. The minimum Gasteiger partial charge on any atom is -0.339 e. The number of aromatic nitrogens is 4. The normalized spacial score (nSPS) is 11.0. The van der Waals surface area contributed by atoms with E-state index in [1.54, 1.807) is 6.20 Å². The van der Waals surface area contributed by atoms with Crippen LogP contribution in [0.4, 0.5) is 5.69 Å². The lowest BCUT2D eigenvalue weighted by Crippen LogP contribution is -2.06. The molecular formula is C22H21N5O2. The van der Waals surface area contributed by atoms with Crippen molar-refractivity contribution in [2.45, 2.75) is 27.2 Å². The van der Waals surface area contributed by atoms with Crippen LogP contribution < -0.4 is 5.32 Å². The highest BCUT2D eigenvalue weighted by atomic mass is 16.1. The van der Waals surface area contributed by atoms with E-state index >= 15 is 0 Å². The number of nitrogens with zero attached hydrogens (tertiary/aromatic N) is 2. The molecule has 0 spiro atoms. The first-order valence-corrected chi connectivity index (χ1v) is 9.31. The number of aryl methyl sites for hydroxylation is 1. The van der Waals surface area contributed by atoms with Crippen molar-refractivity contribution in [2.24, 2.45) is 0 Å². The maximum absolute atomic E-state index is 12.6. The molecule has 0 fully saturated rings. The molecule has 0 aliphatic heterocycles. The number of pyridine rings is 1. The first-order valence-electron chi connectivity index (χ1n) is 9.31. The van der Waals surface area contributed by atoms with Gasteiger partial charge in [0, 0.05) is 47.6 Å². The van der Waals surface area contributed by atoms with Gasteiger partial charge in [-0.2, -0.15) is 5.10 Å². The quantitative estimate of drug-likeness (QED) is 0.451. The molecule has 146 valence electrons. The molecule has 0 saturated carbocycles. The molecule has 7 heteroatoms. The van der Waals surface area contributed by atoms with Gasteiger partial charge in [0.05, 0.1) is 0 Å². The number of ketones is 1. The minimum atomic E-state index is -0.102. The van der Waals surface area contributed by atoms with E-state index < -0.39 is 0 Å². The van der Waals surface area contributed by atoms with Crippen LogP contribution in [0.2, 0.25) is 0 Å². The van der Waals surface area contributed by atoms with Gasteiger partial charge >= 0.3 is 0 Å². The summed E-state index contributed by atoms with van der Waals surface area (Å²) >= 11 is 0. The van der Waals surface area contributed by atoms with Crippen molar-refractivity contribution in [3.05, 3.63) is 65.1 Å². The lowest BCUT2D eigenvalue weighted by Gasteiger charge is -2.03. The molecule has 0 atom stereocenters. The average molecular weight is 387 g/mol. The number of amides is 1. The van der Waals surface area contributed by atoms with Crippen molar-refractivity contribution in [1.29, 1.82) is 0 Å². The molecule has 3 N–H and O–H groups in total. The van der Waals surface area contributed by atoms with Gasteiger partial charge in [0.25, 0.3) is 0 Å². The van der Waals surface area contributed by atoms with Crippen LogP contribution in [-0.4, -0.2) is 31.9 Å². The summed E-state index contributed by atoms with van der Waals surface area (Å²) in [5.74, 6) is -0.132. The van der Waals surface area contributed by atoms with E-state index in [0.29, 0.717) is 5.69 Å². The van der Waals surface area contributed by atoms with Crippen LogP contribution in [0.1, 0.15) is 34.2 Å². The predicted octanol–water partition coefficient (Wildman–Crippen LogP) is 3.95. The molecule has 4 rings (SSSR count). The van der Waals surface area contributed by atoms with Gasteiger partial charge in [-0.3, -0.25) is 14.7 Å². The monoisotopic (exact) mass is 387 g/mol. The van der Waals surface area contributed by atoms with Crippen LogP contribution in [0.15, 0.2) is 42.6 Å². The number of fused-ring (bicyclic) bond motifs is 1. The van der Waals surface area contributed by atoms with Crippen molar-refractivity contribution >= 4 is 28.4 Å². The Morgan fingerprint density at radius 2 is 1.86 bits per heavy atom. The van der Waals surface area contributed by atoms with E-state index in [9.17, 15) is 9.59 Å². The third-order valence-electron chi connectivity index (χ3n) is 4.92. The number of Topliss-reactive ketones (excluding diaryl/α,β-unsaturated/α-hetero) is 1. The van der Waals surface area contributed by atoms with Gasteiger partial charge in [-0.1, -0.05) is 12.1 Å². The summed E-state index contributed by atoms with van der Waals surface area (Å²) in [6.07, 6.45) is 1.97. The van der Waals surface area contributed by atoms with Gasteiger partial charge in [0.1, 0.15) is 11.3 Å². The number of carbonyl (C=O) groups excluding carboxylic acids is 2. The van der Waals surface area contributed by atoms with E-state index in [2.05, 4.69) is 25.5 Å². The number of aromatic amines is 2. The van der Waals surface area contributed by atoms with Crippen LogP contribution in [0.3, 0.4) is 0 Å². The van der Waals surface area contributed by atoms with Gasteiger partial charge in [-0.15, -0.1) is 0 Å². The van der Waals surface area contributed by atoms with E-state index in [1.165, 1.54) is 6.92 Å². The second kappa shape index (κ2) is 7.35. The molecule has 29 heavy (non-hydrogen) atoms. The molecule has 0 saturated heterocycles. The summed E-state index contributed by atoms with van der Waals surface area (Å²) < 4.78 is 0. The van der Waals surface area contributed by atoms with Gasteiger partial charge < -0.3 is 10.3 Å². The van der Waals surface area contributed by atoms with Crippen molar-refractivity contribution in [2.75, 3.05) is 5.32 Å². The highest BCUT2D eigenvalue weighted by Gasteiger charge is 2.15. The standard InChI is InChI=1S/C22H21N5O2/c1-12-13(2)26-27-21(12)20(29)9-15-8-17-10-19(25-22(17)23-11-15)16-4-6-18(7-5-16)24-14(3)28/h4-8,10-11H,9H2,1-3H3,(H,23,25)(H,24,28)(H,26,27). The zero-order valence-corrected chi connectivity index (χ0v) is 16.5. The van der Waals surface area contributed by atoms with E-state index in [4.69, 9.17) is 0 Å². The Hall–Kier alpha value is -3.74. The largest absolute Gasteiger partial charge is 0.339 e. The third kappa shape index (κ3) is 3.80. The van der Waals surface area contributed by atoms with Crippen LogP contribution in [0.25, 0.3) is 22.3 Å². The Labute approximate surface area is 167 Å². The second-order valence-corrected chi connectivity index (χ2v) is 7.15. The molecule has 3 heterocycles. The summed E-state index contributed by atoms with van der Waals surface area (Å²) in [7, 11) is 0. The van der Waals surface area contributed by atoms with Crippen molar-refractivity contribution in [3.8, 4) is 11.3 Å². The summed E-state index contributed by atoms with van der Waals surface area (Å²) in [4.78, 5) is 31.5. The molecule has 1 amide bonds. The Morgan fingerprint density at radius 1 is 1.10 bits per heavy atom. The predicted molar refractivity (Wildman–Crippen MR) is 112 cm³/mol. The number of H-pyrrole nitrogens is 2. The Morgan fingerprint density at radius 3 is 2.52 bits per heavy atom. The van der Waals surface area contributed by atoms with Gasteiger partial charge in [0.2, 0.25) is 5.91 Å². The fourth-order valence-electron chi connectivity index (χ4n) is 3.28. The van der Waals surface area contributed by atoms with Crippen molar-refractivity contribution < 1.29 is 9.59 Å². The Bertz CT molecular complexity index is 1220. The third-order valence-corrected chi connectivity index (χ3v) is 4.92. The molecule has 4 aromatic rings. The van der Waals surface area contributed by atoms with Crippen LogP contribution in [0, 0.1) is 13.8 Å². The summed E-state index contributed by atoms with van der Waals surface area (Å²) in [5, 5.41) is 10.7. The van der Waals surface area contributed by atoms with Crippen molar-refractivity contribution in [1.82, 2.24) is 20.2 Å². The van der Waals surface area contributed by atoms with Crippen LogP contribution in [0.5, 0.6) is 0 Å². The number of rotatable bonds is 5. The number of anilines is 1. The smallest absolute Gasteiger partial charge is 0.221 e. The van der Waals surface area contributed by atoms with E-state index in [0.717, 1.165) is 44.8 Å². The molecule has 1 aromatic carbocycles. The molecule has 7 nitrogen and oxygen atoms in total. The van der Waals surface area contributed by atoms with E-state index in [1.807, 2.05) is 50.2 Å². The van der Waals surface area contributed by atoms with Gasteiger partial charge in [-0.05, 0) is 49.2 Å². The molecular weight excluding hydrogens is 366 g/mol. The maximum atomic E-state index is 12.6. The summed E-state index contributed by atoms with van der Waals surface area (Å²) in [6.45, 7) is 5.27. The number of nitrogens with one attached hydrogen (secondary N) is 3. The second-order valence-electron chi connectivity index (χ2n) is 7.15. The maximum Gasteiger partial charge on any atom is 0.221 e. The fraction of sp³-hybridized carbons (Fsp3) is 0.182. The van der Waals surface area contributed by atoms with Crippen molar-refractivity contribution in [3.63, 3.8) is 0 Å². The molecule has 0 aliphatic rings. The highest BCUT2D eigenvalue weighted by molar-refractivity contribution is 5.97. The first-order chi connectivity index (χ1) is 13.9. The summed E-state index contributed by atoms with van der Waals surface area (Å²) in [5.41, 5.74) is 6.53. The first kappa shape index (κ1) is 18.6. The SMILES string of the molecule is CC(=O)Nc1ccc(-c2cc3cc(CC(=O)c4n[nH]c(C)c4C)cnc3[nH]2)cc1. The number of benzene rings is 1. The zero-order valence-electron chi connectivity index (χ0n) is 16.5. The topological polar surface area (TPSA) is 104 Å². The number of hydrogen-bond acceptors (Lipinski definition) is 4. The van der Waals surface area contributed by atoms with Crippen LogP contribution >= 0.6 is 0 Å². The lowest BCUT2D eigenvalue weighted by atomic mass is 10.0. The fourth-order valence-corrected chi connectivity index (χ4v) is 3.28. The molecule has 0 radical (unpaired) electrons. The number of carbonyl (C=O) groups is 2. The van der Waals surface area contributed by atoms with E-state index in [-0.39, 0.29) is 18.1 Å². The zero-order chi connectivity index (χ0) is 20.5.